The average Bonchev–Trinajstić information content (AvgIpc) is 2.73. The number of carbonyl (C=O) groups excluding carboxylic acids is 3. The summed E-state index contributed by atoms with van der Waals surface area (Å²) in [5, 5.41) is 3.05. The first-order chi connectivity index (χ1) is 14.0. The summed E-state index contributed by atoms with van der Waals surface area (Å²) < 4.78 is 9.98. The van der Waals surface area contributed by atoms with Crippen molar-refractivity contribution in [2.24, 2.45) is 0 Å². The van der Waals surface area contributed by atoms with Gasteiger partial charge in [0.1, 0.15) is 6.04 Å². The highest BCUT2D eigenvalue weighted by molar-refractivity contribution is 5.81. The number of methoxy groups -OCH3 is 1. The fourth-order valence-electron chi connectivity index (χ4n) is 3.99. The third kappa shape index (κ3) is 5.26. The van der Waals surface area contributed by atoms with E-state index in [-0.39, 0.29) is 30.6 Å². The number of nitrogens with zero attached hydrogens (tertiary/aromatic N) is 2. The Hall–Kier alpha value is -2.61. The molecule has 0 unspecified atom stereocenters. The summed E-state index contributed by atoms with van der Waals surface area (Å²) in [6.07, 6.45) is 1.61. The number of ether oxygens (including phenoxy) is 2. The van der Waals surface area contributed by atoms with Crippen LogP contribution in [0.3, 0.4) is 0 Å². The third-order valence-corrected chi connectivity index (χ3v) is 5.55. The summed E-state index contributed by atoms with van der Waals surface area (Å²) in [5.41, 5.74) is 2.24. The molecule has 8 nitrogen and oxygen atoms in total. The lowest BCUT2D eigenvalue weighted by molar-refractivity contribution is -0.148. The molecule has 0 saturated carbocycles. The van der Waals surface area contributed by atoms with Gasteiger partial charge in [-0.15, -0.1) is 0 Å². The minimum absolute atomic E-state index is 0.0156. The van der Waals surface area contributed by atoms with Crippen molar-refractivity contribution >= 4 is 18.0 Å². The maximum Gasteiger partial charge on any atom is 0.409 e. The van der Waals surface area contributed by atoms with Crippen LogP contribution in [-0.4, -0.2) is 73.2 Å². The lowest BCUT2D eigenvalue weighted by Gasteiger charge is -2.35. The molecule has 8 heteroatoms. The van der Waals surface area contributed by atoms with Crippen LogP contribution >= 0.6 is 0 Å². The van der Waals surface area contributed by atoms with Gasteiger partial charge >= 0.3 is 12.1 Å². The fourth-order valence-corrected chi connectivity index (χ4v) is 3.99. The Balaban J connectivity index is 1.55. The molecule has 1 saturated heterocycles. The number of nitrogens with one attached hydrogen (secondary N) is 1. The van der Waals surface area contributed by atoms with Gasteiger partial charge in [0, 0.05) is 25.7 Å². The predicted molar refractivity (Wildman–Crippen MR) is 106 cm³/mol. The molecule has 0 radical (unpaired) electrons. The van der Waals surface area contributed by atoms with Gasteiger partial charge in [-0.25, -0.2) is 4.79 Å². The third-order valence-electron chi connectivity index (χ3n) is 5.55. The van der Waals surface area contributed by atoms with Crippen molar-refractivity contribution in [1.29, 1.82) is 0 Å². The van der Waals surface area contributed by atoms with Crippen LogP contribution in [0.1, 0.15) is 30.9 Å². The van der Waals surface area contributed by atoms with Gasteiger partial charge in [0.25, 0.3) is 0 Å². The number of esters is 1. The molecule has 0 aliphatic carbocycles. The van der Waals surface area contributed by atoms with E-state index in [0.717, 1.165) is 11.1 Å². The standard InChI is InChI=1S/C21H29N3O5/c1-3-29-21(27)23-10-8-17(9-11-23)22-19(25)14-24-13-16-7-5-4-6-15(16)12-18(24)20(26)28-2/h4-7,17-18H,3,8-14H2,1-2H3,(H,22,25)/t18-/m0/s1. The number of benzene rings is 1. The Labute approximate surface area is 171 Å². The second kappa shape index (κ2) is 9.73. The van der Waals surface area contributed by atoms with Crippen LogP contribution in [0.2, 0.25) is 0 Å². The molecule has 2 amide bonds. The summed E-state index contributed by atoms with van der Waals surface area (Å²) in [5.74, 6) is -0.442. The quantitative estimate of drug-likeness (QED) is 0.746. The van der Waals surface area contributed by atoms with E-state index in [9.17, 15) is 14.4 Å². The molecule has 2 heterocycles. The van der Waals surface area contributed by atoms with E-state index in [2.05, 4.69) is 5.32 Å². The summed E-state index contributed by atoms with van der Waals surface area (Å²) in [6, 6.07) is 7.51. The zero-order valence-electron chi connectivity index (χ0n) is 17.1. The Morgan fingerprint density at radius 2 is 1.83 bits per heavy atom. The fraction of sp³-hybridized carbons (Fsp3) is 0.571. The molecule has 3 rings (SSSR count). The largest absolute Gasteiger partial charge is 0.468 e. The van der Waals surface area contributed by atoms with Crippen LogP contribution in [0.25, 0.3) is 0 Å². The number of amides is 2. The van der Waals surface area contributed by atoms with Gasteiger partial charge in [0.2, 0.25) is 5.91 Å². The van der Waals surface area contributed by atoms with Crippen molar-refractivity contribution in [1.82, 2.24) is 15.1 Å². The van der Waals surface area contributed by atoms with Gasteiger partial charge in [-0.05, 0) is 37.3 Å². The Morgan fingerprint density at radius 1 is 1.14 bits per heavy atom. The molecular formula is C21H29N3O5. The first-order valence-corrected chi connectivity index (χ1v) is 10.1. The first kappa shape index (κ1) is 21.1. The minimum Gasteiger partial charge on any atom is -0.468 e. The number of hydrogen-bond donors (Lipinski definition) is 1. The maximum absolute atomic E-state index is 12.7. The van der Waals surface area contributed by atoms with Gasteiger partial charge in [0.05, 0.1) is 20.3 Å². The molecule has 1 fully saturated rings. The van der Waals surface area contributed by atoms with Crippen molar-refractivity contribution in [3.05, 3.63) is 35.4 Å². The second-order valence-corrected chi connectivity index (χ2v) is 7.44. The van der Waals surface area contributed by atoms with E-state index >= 15 is 0 Å². The van der Waals surface area contributed by atoms with Crippen molar-refractivity contribution in [3.8, 4) is 0 Å². The Bertz CT molecular complexity index is 746. The van der Waals surface area contributed by atoms with E-state index in [1.165, 1.54) is 7.11 Å². The zero-order chi connectivity index (χ0) is 20.8. The number of carbonyl (C=O) groups is 3. The molecule has 158 valence electrons. The summed E-state index contributed by atoms with van der Waals surface area (Å²) >= 11 is 0. The normalized spacial score (nSPS) is 19.9. The molecule has 0 spiro atoms. The van der Waals surface area contributed by atoms with Gasteiger partial charge in [0.15, 0.2) is 0 Å². The molecule has 1 atom stereocenters. The van der Waals surface area contributed by atoms with Crippen LogP contribution in [0.15, 0.2) is 24.3 Å². The molecule has 2 aliphatic heterocycles. The summed E-state index contributed by atoms with van der Waals surface area (Å²) in [4.78, 5) is 40.2. The summed E-state index contributed by atoms with van der Waals surface area (Å²) in [7, 11) is 1.37. The van der Waals surface area contributed by atoms with Crippen molar-refractivity contribution in [2.45, 2.75) is 44.8 Å². The monoisotopic (exact) mass is 403 g/mol. The molecule has 0 bridgehead atoms. The molecule has 29 heavy (non-hydrogen) atoms. The van der Waals surface area contributed by atoms with Crippen LogP contribution in [0.5, 0.6) is 0 Å². The van der Waals surface area contributed by atoms with E-state index in [1.54, 1.807) is 11.8 Å². The van der Waals surface area contributed by atoms with Gasteiger partial charge in [-0.3, -0.25) is 14.5 Å². The van der Waals surface area contributed by atoms with Crippen LogP contribution < -0.4 is 5.32 Å². The number of hydrogen-bond acceptors (Lipinski definition) is 6. The zero-order valence-corrected chi connectivity index (χ0v) is 17.1. The Kier molecular flexibility index (Phi) is 7.09. The molecule has 1 N–H and O–H groups in total. The van der Waals surface area contributed by atoms with Crippen LogP contribution in [0.4, 0.5) is 4.79 Å². The number of fused-ring (bicyclic) bond motifs is 1. The molecule has 1 aromatic carbocycles. The lowest BCUT2D eigenvalue weighted by atomic mass is 9.94. The van der Waals surface area contributed by atoms with E-state index < -0.39 is 6.04 Å². The average molecular weight is 403 g/mol. The van der Waals surface area contributed by atoms with Crippen LogP contribution in [0, 0.1) is 0 Å². The minimum atomic E-state index is -0.466. The van der Waals surface area contributed by atoms with Crippen molar-refractivity contribution < 1.29 is 23.9 Å². The lowest BCUT2D eigenvalue weighted by Crippen LogP contribution is -2.52. The highest BCUT2D eigenvalue weighted by atomic mass is 16.6. The second-order valence-electron chi connectivity index (χ2n) is 7.44. The van der Waals surface area contributed by atoms with E-state index in [1.807, 2.05) is 29.2 Å². The van der Waals surface area contributed by atoms with Gasteiger partial charge < -0.3 is 19.7 Å². The molecule has 1 aromatic rings. The van der Waals surface area contributed by atoms with Crippen molar-refractivity contribution in [2.75, 3.05) is 33.4 Å². The highest BCUT2D eigenvalue weighted by Crippen LogP contribution is 2.24. The number of likely N-dealkylation sites (tertiary alicyclic amines) is 1. The van der Waals surface area contributed by atoms with E-state index in [0.29, 0.717) is 45.5 Å². The topological polar surface area (TPSA) is 88.2 Å². The number of rotatable bonds is 5. The predicted octanol–water partition coefficient (Wildman–Crippen LogP) is 1.32. The summed E-state index contributed by atoms with van der Waals surface area (Å²) in [6.45, 7) is 3.93. The SMILES string of the molecule is CCOC(=O)N1CCC(NC(=O)CN2Cc3ccccc3C[C@H]2C(=O)OC)CC1. The molecule has 2 aliphatic rings. The maximum atomic E-state index is 12.7. The van der Waals surface area contributed by atoms with Gasteiger partial charge in [-0.2, -0.15) is 0 Å². The van der Waals surface area contributed by atoms with Crippen LogP contribution in [-0.2, 0) is 32.0 Å². The van der Waals surface area contributed by atoms with Crippen molar-refractivity contribution in [3.63, 3.8) is 0 Å². The Morgan fingerprint density at radius 3 is 2.48 bits per heavy atom. The highest BCUT2D eigenvalue weighted by Gasteiger charge is 2.34. The van der Waals surface area contributed by atoms with Gasteiger partial charge in [-0.1, -0.05) is 24.3 Å². The molecule has 0 aromatic heterocycles. The molecular weight excluding hydrogens is 374 g/mol. The number of piperidine rings is 1. The first-order valence-electron chi connectivity index (χ1n) is 10.1. The van der Waals surface area contributed by atoms with E-state index in [4.69, 9.17) is 9.47 Å². The smallest absolute Gasteiger partial charge is 0.409 e.